The molecule has 0 saturated carbocycles. The lowest BCUT2D eigenvalue weighted by Crippen LogP contribution is -2.31. The third-order valence-electron chi connectivity index (χ3n) is 2.56. The molecule has 4 heteroatoms. The van der Waals surface area contributed by atoms with Gasteiger partial charge in [-0.05, 0) is 30.7 Å². The van der Waals surface area contributed by atoms with Gasteiger partial charge in [-0.25, -0.2) is 4.39 Å². The minimum Gasteiger partial charge on any atom is -0.368 e. The topological polar surface area (TPSA) is 26.3 Å². The van der Waals surface area contributed by atoms with Crippen molar-refractivity contribution in [1.29, 1.82) is 0 Å². The van der Waals surface area contributed by atoms with Crippen LogP contribution >= 0.6 is 11.8 Å². The van der Waals surface area contributed by atoms with E-state index in [1.165, 1.54) is 18.2 Å². The Morgan fingerprint density at radius 3 is 3.00 bits per heavy atom. The Bertz CT molecular complexity index is 400. The van der Waals surface area contributed by atoms with Crippen molar-refractivity contribution in [3.8, 4) is 0 Å². The van der Waals surface area contributed by atoms with Crippen molar-refractivity contribution < 1.29 is 13.9 Å². The SMILES string of the molecule is Cc1cc(F)ccc1C(=O)C1CSCCO1. The average molecular weight is 240 g/mol. The molecule has 0 aromatic heterocycles. The number of Topliss-reactive ketones (excluding diaryl/α,β-unsaturated/α-hetero) is 1. The van der Waals surface area contributed by atoms with E-state index in [1.54, 1.807) is 18.7 Å². The van der Waals surface area contributed by atoms with Gasteiger partial charge in [-0.2, -0.15) is 11.8 Å². The molecule has 0 amide bonds. The Kier molecular flexibility index (Phi) is 3.61. The molecule has 1 saturated heterocycles. The molecule has 0 bridgehead atoms. The van der Waals surface area contributed by atoms with E-state index in [9.17, 15) is 9.18 Å². The predicted octanol–water partition coefficient (Wildman–Crippen LogP) is 2.45. The third-order valence-corrected chi connectivity index (χ3v) is 3.56. The zero-order valence-corrected chi connectivity index (χ0v) is 9.85. The number of carbonyl (C=O) groups excluding carboxylic acids is 1. The van der Waals surface area contributed by atoms with Crippen LogP contribution in [-0.2, 0) is 4.74 Å². The van der Waals surface area contributed by atoms with Gasteiger partial charge in [0, 0.05) is 17.1 Å². The molecule has 0 spiro atoms. The summed E-state index contributed by atoms with van der Waals surface area (Å²) in [7, 11) is 0. The van der Waals surface area contributed by atoms with Crippen LogP contribution in [0.3, 0.4) is 0 Å². The molecule has 2 rings (SSSR count). The Morgan fingerprint density at radius 2 is 2.38 bits per heavy atom. The van der Waals surface area contributed by atoms with Crippen molar-refractivity contribution in [3.05, 3.63) is 35.1 Å². The average Bonchev–Trinajstić information content (AvgIpc) is 2.29. The van der Waals surface area contributed by atoms with Crippen LogP contribution in [0, 0.1) is 12.7 Å². The number of aryl methyl sites for hydroxylation is 1. The molecule has 2 nitrogen and oxygen atoms in total. The second kappa shape index (κ2) is 4.97. The molecule has 0 N–H and O–H groups in total. The van der Waals surface area contributed by atoms with E-state index in [-0.39, 0.29) is 17.7 Å². The van der Waals surface area contributed by atoms with Crippen molar-refractivity contribution in [2.24, 2.45) is 0 Å². The van der Waals surface area contributed by atoms with Gasteiger partial charge in [0.1, 0.15) is 11.9 Å². The quantitative estimate of drug-likeness (QED) is 0.743. The van der Waals surface area contributed by atoms with Crippen molar-refractivity contribution in [2.45, 2.75) is 13.0 Å². The molecular formula is C12H13FO2S. The molecule has 1 aliphatic heterocycles. The maximum atomic E-state index is 12.9. The first-order chi connectivity index (χ1) is 7.68. The number of ketones is 1. The van der Waals surface area contributed by atoms with Gasteiger partial charge in [-0.1, -0.05) is 0 Å². The highest BCUT2D eigenvalue weighted by molar-refractivity contribution is 7.99. The van der Waals surface area contributed by atoms with Gasteiger partial charge in [-0.15, -0.1) is 0 Å². The number of ether oxygens (including phenoxy) is 1. The monoisotopic (exact) mass is 240 g/mol. The first kappa shape index (κ1) is 11.6. The molecule has 1 aromatic rings. The van der Waals surface area contributed by atoms with E-state index < -0.39 is 0 Å². The third kappa shape index (κ3) is 2.44. The Hall–Kier alpha value is -0.870. The molecule has 1 fully saturated rings. The van der Waals surface area contributed by atoms with Gasteiger partial charge in [-0.3, -0.25) is 4.79 Å². The van der Waals surface area contributed by atoms with Gasteiger partial charge >= 0.3 is 0 Å². The molecular weight excluding hydrogens is 227 g/mol. The molecule has 0 aliphatic carbocycles. The van der Waals surface area contributed by atoms with E-state index in [2.05, 4.69) is 0 Å². The zero-order valence-electron chi connectivity index (χ0n) is 9.03. The van der Waals surface area contributed by atoms with Crippen molar-refractivity contribution in [1.82, 2.24) is 0 Å². The fourth-order valence-corrected chi connectivity index (χ4v) is 2.56. The fraction of sp³-hybridized carbons (Fsp3) is 0.417. The number of benzene rings is 1. The summed E-state index contributed by atoms with van der Waals surface area (Å²) >= 11 is 1.72. The van der Waals surface area contributed by atoms with Crippen LogP contribution in [-0.4, -0.2) is 30.0 Å². The highest BCUT2D eigenvalue weighted by Crippen LogP contribution is 2.19. The van der Waals surface area contributed by atoms with Crippen molar-refractivity contribution >= 4 is 17.5 Å². The van der Waals surface area contributed by atoms with Crippen LogP contribution in [0.4, 0.5) is 4.39 Å². The lowest BCUT2D eigenvalue weighted by atomic mass is 10.0. The smallest absolute Gasteiger partial charge is 0.192 e. The molecule has 0 radical (unpaired) electrons. The van der Waals surface area contributed by atoms with E-state index >= 15 is 0 Å². The second-order valence-corrected chi connectivity index (χ2v) is 4.91. The minimum atomic E-state index is -0.372. The van der Waals surface area contributed by atoms with E-state index in [0.717, 1.165) is 5.75 Å². The van der Waals surface area contributed by atoms with E-state index in [1.807, 2.05) is 0 Å². The maximum absolute atomic E-state index is 12.9. The molecule has 1 unspecified atom stereocenters. The van der Waals surface area contributed by atoms with Crippen LogP contribution in [0.1, 0.15) is 15.9 Å². The minimum absolute atomic E-state index is 0.0373. The Balaban J connectivity index is 2.19. The summed E-state index contributed by atoms with van der Waals surface area (Å²) in [6.07, 6.45) is -0.372. The lowest BCUT2D eigenvalue weighted by molar-refractivity contribution is 0.0518. The molecule has 86 valence electrons. The van der Waals surface area contributed by atoms with Gasteiger partial charge < -0.3 is 4.74 Å². The summed E-state index contributed by atoms with van der Waals surface area (Å²) in [6.45, 7) is 2.35. The van der Waals surface area contributed by atoms with Crippen LogP contribution in [0.2, 0.25) is 0 Å². The van der Waals surface area contributed by atoms with Gasteiger partial charge in [0.25, 0.3) is 0 Å². The molecule has 1 heterocycles. The molecule has 1 aliphatic rings. The molecule has 1 atom stereocenters. The van der Waals surface area contributed by atoms with Crippen molar-refractivity contribution in [3.63, 3.8) is 0 Å². The van der Waals surface area contributed by atoms with Crippen LogP contribution < -0.4 is 0 Å². The van der Waals surface area contributed by atoms with Gasteiger partial charge in [0.2, 0.25) is 0 Å². The van der Waals surface area contributed by atoms with Crippen LogP contribution in [0.5, 0.6) is 0 Å². The number of thioether (sulfide) groups is 1. The first-order valence-corrected chi connectivity index (χ1v) is 6.33. The molecule has 16 heavy (non-hydrogen) atoms. The summed E-state index contributed by atoms with van der Waals surface area (Å²) in [5.74, 6) is 1.28. The standard InChI is InChI=1S/C12H13FO2S/c1-8-6-9(13)2-3-10(8)12(14)11-7-16-5-4-15-11/h2-3,6,11H,4-5,7H2,1H3. The van der Waals surface area contributed by atoms with E-state index in [0.29, 0.717) is 23.5 Å². The second-order valence-electron chi connectivity index (χ2n) is 3.76. The van der Waals surface area contributed by atoms with E-state index in [4.69, 9.17) is 4.74 Å². The largest absolute Gasteiger partial charge is 0.368 e. The van der Waals surface area contributed by atoms with Gasteiger partial charge in [0.05, 0.1) is 6.61 Å². The summed E-state index contributed by atoms with van der Waals surface area (Å²) in [4.78, 5) is 12.1. The van der Waals surface area contributed by atoms with Crippen molar-refractivity contribution in [2.75, 3.05) is 18.1 Å². The highest BCUT2D eigenvalue weighted by atomic mass is 32.2. The van der Waals surface area contributed by atoms with Crippen LogP contribution in [0.25, 0.3) is 0 Å². The zero-order chi connectivity index (χ0) is 11.5. The number of hydrogen-bond donors (Lipinski definition) is 0. The first-order valence-electron chi connectivity index (χ1n) is 5.18. The maximum Gasteiger partial charge on any atom is 0.192 e. The highest BCUT2D eigenvalue weighted by Gasteiger charge is 2.24. The number of carbonyl (C=O) groups is 1. The number of rotatable bonds is 2. The fourth-order valence-electron chi connectivity index (χ4n) is 1.72. The lowest BCUT2D eigenvalue weighted by Gasteiger charge is -2.21. The summed E-state index contributed by atoms with van der Waals surface area (Å²) in [6, 6.07) is 4.23. The molecule has 1 aromatic carbocycles. The summed E-state index contributed by atoms with van der Waals surface area (Å²) in [5, 5.41) is 0. The summed E-state index contributed by atoms with van der Waals surface area (Å²) in [5.41, 5.74) is 1.23. The normalized spacial score (nSPS) is 20.8. The predicted molar refractivity (Wildman–Crippen MR) is 62.5 cm³/mol. The van der Waals surface area contributed by atoms with Gasteiger partial charge in [0.15, 0.2) is 5.78 Å². The van der Waals surface area contributed by atoms with Crippen LogP contribution in [0.15, 0.2) is 18.2 Å². The Labute approximate surface area is 98.2 Å². The Morgan fingerprint density at radius 1 is 1.56 bits per heavy atom. The number of hydrogen-bond acceptors (Lipinski definition) is 3. The summed E-state index contributed by atoms with van der Waals surface area (Å²) < 4.78 is 18.3. The number of halogens is 1.